The third-order valence-electron chi connectivity index (χ3n) is 3.25. The summed E-state index contributed by atoms with van der Waals surface area (Å²) < 4.78 is 18.4. The highest BCUT2D eigenvalue weighted by molar-refractivity contribution is 5.51. The molecule has 1 aromatic carbocycles. The highest BCUT2D eigenvalue weighted by Gasteiger charge is 2.17. The number of rotatable bonds is 4. The molecule has 2 aromatic rings. The third-order valence-corrected chi connectivity index (χ3v) is 3.25. The SMILES string of the molecule is Cc1cc(COc2cc3c(cc2CN)OCO3)n(C)n1. The molecule has 20 heavy (non-hydrogen) atoms. The van der Waals surface area contributed by atoms with Gasteiger partial charge >= 0.3 is 0 Å². The van der Waals surface area contributed by atoms with Crippen molar-refractivity contribution in [2.75, 3.05) is 6.79 Å². The summed E-state index contributed by atoms with van der Waals surface area (Å²) in [5.41, 5.74) is 8.62. The lowest BCUT2D eigenvalue weighted by Crippen LogP contribution is -2.06. The Morgan fingerprint density at radius 3 is 2.70 bits per heavy atom. The molecule has 0 atom stereocenters. The molecule has 2 N–H and O–H groups in total. The highest BCUT2D eigenvalue weighted by Crippen LogP contribution is 2.38. The van der Waals surface area contributed by atoms with E-state index in [4.69, 9.17) is 19.9 Å². The molecule has 0 saturated carbocycles. The molecule has 2 heterocycles. The fraction of sp³-hybridized carbons (Fsp3) is 0.357. The van der Waals surface area contributed by atoms with E-state index in [0.717, 1.165) is 22.7 Å². The summed E-state index contributed by atoms with van der Waals surface area (Å²) in [5, 5.41) is 4.29. The third kappa shape index (κ3) is 2.30. The van der Waals surface area contributed by atoms with Gasteiger partial charge in [-0.2, -0.15) is 5.10 Å². The maximum Gasteiger partial charge on any atom is 0.231 e. The van der Waals surface area contributed by atoms with E-state index >= 15 is 0 Å². The molecule has 1 aromatic heterocycles. The number of aromatic nitrogens is 2. The number of nitrogens with two attached hydrogens (primary N) is 1. The van der Waals surface area contributed by atoms with Crippen molar-refractivity contribution < 1.29 is 14.2 Å². The van der Waals surface area contributed by atoms with Crippen molar-refractivity contribution in [3.63, 3.8) is 0 Å². The molecule has 0 fully saturated rings. The van der Waals surface area contributed by atoms with E-state index in [9.17, 15) is 0 Å². The minimum absolute atomic E-state index is 0.240. The Hall–Kier alpha value is -2.21. The molecular weight excluding hydrogens is 258 g/mol. The van der Waals surface area contributed by atoms with Crippen molar-refractivity contribution >= 4 is 0 Å². The summed E-state index contributed by atoms with van der Waals surface area (Å²) in [6, 6.07) is 5.69. The second-order valence-corrected chi connectivity index (χ2v) is 4.71. The molecule has 3 rings (SSSR count). The summed E-state index contributed by atoms with van der Waals surface area (Å²) in [5.74, 6) is 2.13. The van der Waals surface area contributed by atoms with Gasteiger partial charge in [0.05, 0.1) is 11.4 Å². The first-order chi connectivity index (χ1) is 9.67. The minimum Gasteiger partial charge on any atom is -0.487 e. The molecule has 6 heteroatoms. The van der Waals surface area contributed by atoms with Crippen LogP contribution >= 0.6 is 0 Å². The molecule has 1 aliphatic rings. The Labute approximate surface area is 117 Å². The standard InChI is InChI=1S/C14H17N3O3/c1-9-3-11(17(2)16-9)7-18-12-5-14-13(19-8-20-14)4-10(12)6-15/h3-5H,6-8,15H2,1-2H3. The summed E-state index contributed by atoms with van der Waals surface area (Å²) in [7, 11) is 1.90. The molecule has 0 spiro atoms. The Kier molecular flexibility index (Phi) is 3.23. The highest BCUT2D eigenvalue weighted by atomic mass is 16.7. The summed E-state index contributed by atoms with van der Waals surface area (Å²) >= 11 is 0. The normalized spacial score (nSPS) is 12.8. The van der Waals surface area contributed by atoms with Crippen LogP contribution in [0.1, 0.15) is 17.0 Å². The van der Waals surface area contributed by atoms with Gasteiger partial charge in [0.1, 0.15) is 12.4 Å². The number of hydrogen-bond donors (Lipinski definition) is 1. The van der Waals surface area contributed by atoms with Gasteiger partial charge < -0.3 is 19.9 Å². The van der Waals surface area contributed by atoms with Crippen molar-refractivity contribution in [3.05, 3.63) is 35.2 Å². The monoisotopic (exact) mass is 275 g/mol. The van der Waals surface area contributed by atoms with Gasteiger partial charge in [-0.3, -0.25) is 4.68 Å². The first kappa shape index (κ1) is 12.8. The van der Waals surface area contributed by atoms with Gasteiger partial charge in [0.2, 0.25) is 6.79 Å². The van der Waals surface area contributed by atoms with E-state index in [1.807, 2.05) is 36.9 Å². The van der Waals surface area contributed by atoms with Crippen LogP contribution in [-0.2, 0) is 20.2 Å². The molecule has 0 unspecified atom stereocenters. The van der Waals surface area contributed by atoms with E-state index in [0.29, 0.717) is 24.7 Å². The van der Waals surface area contributed by atoms with E-state index in [1.54, 1.807) is 0 Å². The van der Waals surface area contributed by atoms with Crippen LogP contribution in [0.4, 0.5) is 0 Å². The summed E-state index contributed by atoms with van der Waals surface area (Å²) in [4.78, 5) is 0. The summed E-state index contributed by atoms with van der Waals surface area (Å²) in [6.45, 7) is 3.01. The minimum atomic E-state index is 0.240. The second kappa shape index (κ2) is 5.05. The van der Waals surface area contributed by atoms with Crippen LogP contribution in [0.3, 0.4) is 0 Å². The molecule has 0 saturated heterocycles. The van der Waals surface area contributed by atoms with Crippen LogP contribution in [0.5, 0.6) is 17.2 Å². The zero-order valence-corrected chi connectivity index (χ0v) is 11.5. The van der Waals surface area contributed by atoms with Crippen molar-refractivity contribution in [2.24, 2.45) is 12.8 Å². The lowest BCUT2D eigenvalue weighted by atomic mass is 10.2. The fourth-order valence-corrected chi connectivity index (χ4v) is 2.21. The van der Waals surface area contributed by atoms with Gasteiger partial charge in [-0.1, -0.05) is 0 Å². The topological polar surface area (TPSA) is 71.5 Å². The predicted octanol–water partition coefficient (Wildman–Crippen LogP) is 1.49. The van der Waals surface area contributed by atoms with Gasteiger partial charge in [-0.25, -0.2) is 0 Å². The Balaban J connectivity index is 1.81. The maximum absolute atomic E-state index is 5.86. The van der Waals surface area contributed by atoms with Crippen molar-refractivity contribution in [3.8, 4) is 17.2 Å². The Bertz CT molecular complexity index is 637. The zero-order chi connectivity index (χ0) is 14.1. The van der Waals surface area contributed by atoms with Gasteiger partial charge in [0, 0.05) is 25.2 Å². The molecule has 0 bridgehead atoms. The number of benzene rings is 1. The van der Waals surface area contributed by atoms with Crippen LogP contribution in [-0.4, -0.2) is 16.6 Å². The molecule has 0 aliphatic carbocycles. The van der Waals surface area contributed by atoms with Crippen LogP contribution in [0.2, 0.25) is 0 Å². The van der Waals surface area contributed by atoms with Gasteiger partial charge in [0.15, 0.2) is 11.5 Å². The van der Waals surface area contributed by atoms with E-state index < -0.39 is 0 Å². The van der Waals surface area contributed by atoms with Crippen molar-refractivity contribution in [2.45, 2.75) is 20.1 Å². The van der Waals surface area contributed by atoms with E-state index in [2.05, 4.69) is 5.10 Å². The van der Waals surface area contributed by atoms with Crippen molar-refractivity contribution in [1.29, 1.82) is 0 Å². The quantitative estimate of drug-likeness (QED) is 0.915. The first-order valence-corrected chi connectivity index (χ1v) is 6.42. The van der Waals surface area contributed by atoms with Crippen molar-refractivity contribution in [1.82, 2.24) is 9.78 Å². The first-order valence-electron chi connectivity index (χ1n) is 6.42. The van der Waals surface area contributed by atoms with E-state index in [1.165, 1.54) is 0 Å². The predicted molar refractivity (Wildman–Crippen MR) is 72.7 cm³/mol. The number of hydrogen-bond acceptors (Lipinski definition) is 5. The second-order valence-electron chi connectivity index (χ2n) is 4.71. The van der Waals surface area contributed by atoms with Crippen LogP contribution in [0.25, 0.3) is 0 Å². The molecule has 106 valence electrons. The fourth-order valence-electron chi connectivity index (χ4n) is 2.21. The van der Waals surface area contributed by atoms with E-state index in [-0.39, 0.29) is 6.79 Å². The smallest absolute Gasteiger partial charge is 0.231 e. The zero-order valence-electron chi connectivity index (χ0n) is 11.5. The van der Waals surface area contributed by atoms with Gasteiger partial charge in [-0.15, -0.1) is 0 Å². The lowest BCUT2D eigenvalue weighted by molar-refractivity contribution is 0.173. The molecule has 1 aliphatic heterocycles. The Morgan fingerprint density at radius 2 is 2.05 bits per heavy atom. The molecule has 0 radical (unpaired) electrons. The van der Waals surface area contributed by atoms with Gasteiger partial charge in [0.25, 0.3) is 0 Å². The lowest BCUT2D eigenvalue weighted by Gasteiger charge is -2.11. The van der Waals surface area contributed by atoms with Gasteiger partial charge in [-0.05, 0) is 19.1 Å². The number of aryl methyl sites for hydroxylation is 2. The molecular formula is C14H17N3O3. The average Bonchev–Trinajstić information content (AvgIpc) is 3.00. The van der Waals surface area contributed by atoms with Crippen LogP contribution in [0, 0.1) is 6.92 Å². The van der Waals surface area contributed by atoms with Crippen LogP contribution in [0.15, 0.2) is 18.2 Å². The molecule has 0 amide bonds. The average molecular weight is 275 g/mol. The largest absolute Gasteiger partial charge is 0.487 e. The Morgan fingerprint density at radius 1 is 1.30 bits per heavy atom. The molecule has 6 nitrogen and oxygen atoms in total. The number of nitrogens with zero attached hydrogens (tertiary/aromatic N) is 2. The maximum atomic E-state index is 5.86. The van der Waals surface area contributed by atoms with Crippen LogP contribution < -0.4 is 19.9 Å². The number of fused-ring (bicyclic) bond motifs is 1. The number of ether oxygens (including phenoxy) is 3. The summed E-state index contributed by atoms with van der Waals surface area (Å²) in [6.07, 6.45) is 0.